The summed E-state index contributed by atoms with van der Waals surface area (Å²) in [5, 5.41) is 13.1. The SMILES string of the molecule is [2H]C1(c2cnc(NC(=O)OC(C)(C)C)nc2)CC(C([2H])([2H])OC(=O)Oc2ccc([N+](=O)[O-])cc2)C1. The number of carbonyl (C=O) groups excluding carboxylic acids is 2. The van der Waals surface area contributed by atoms with Crippen LogP contribution in [0.4, 0.5) is 21.2 Å². The van der Waals surface area contributed by atoms with E-state index in [0.717, 1.165) is 12.1 Å². The molecule has 11 nitrogen and oxygen atoms in total. The van der Waals surface area contributed by atoms with Crippen molar-refractivity contribution in [1.29, 1.82) is 0 Å². The topological polar surface area (TPSA) is 143 Å². The Hall–Kier alpha value is -3.76. The predicted molar refractivity (Wildman–Crippen MR) is 112 cm³/mol. The number of anilines is 1. The molecule has 0 aliphatic heterocycles. The molecular weight excluding hydrogens is 420 g/mol. The number of non-ortho nitro benzene ring substituents is 1. The number of nitrogens with zero attached hydrogens (tertiary/aromatic N) is 3. The quantitative estimate of drug-likeness (QED) is 0.294. The number of ether oxygens (including phenoxy) is 3. The van der Waals surface area contributed by atoms with Crippen molar-refractivity contribution in [3.8, 4) is 5.75 Å². The fourth-order valence-corrected chi connectivity index (χ4v) is 2.71. The molecule has 2 aromatic rings. The molecule has 11 heteroatoms. The number of benzene rings is 1. The summed E-state index contributed by atoms with van der Waals surface area (Å²) in [5.41, 5.74) is -0.473. The summed E-state index contributed by atoms with van der Waals surface area (Å²) in [7, 11) is 0. The van der Waals surface area contributed by atoms with Gasteiger partial charge in [0.2, 0.25) is 5.95 Å². The van der Waals surface area contributed by atoms with Crippen molar-refractivity contribution in [2.75, 3.05) is 11.9 Å². The molecule has 3 rings (SSSR count). The van der Waals surface area contributed by atoms with E-state index in [1.807, 2.05) is 0 Å². The minimum atomic E-state index is -2.42. The molecule has 170 valence electrons. The molecule has 0 spiro atoms. The highest BCUT2D eigenvalue weighted by Gasteiger charge is 2.32. The lowest BCUT2D eigenvalue weighted by Gasteiger charge is -2.34. The van der Waals surface area contributed by atoms with E-state index in [9.17, 15) is 19.7 Å². The van der Waals surface area contributed by atoms with Gasteiger partial charge in [-0.1, -0.05) is 0 Å². The van der Waals surface area contributed by atoms with Crippen LogP contribution in [0.1, 0.15) is 49.2 Å². The number of hydrogen-bond acceptors (Lipinski definition) is 9. The van der Waals surface area contributed by atoms with Crippen molar-refractivity contribution in [2.24, 2.45) is 5.92 Å². The van der Waals surface area contributed by atoms with Crippen LogP contribution in [0.5, 0.6) is 5.75 Å². The second-order valence-electron chi connectivity index (χ2n) is 7.95. The second kappa shape index (κ2) is 9.58. The van der Waals surface area contributed by atoms with E-state index in [2.05, 4.69) is 15.3 Å². The number of aromatic nitrogens is 2. The van der Waals surface area contributed by atoms with E-state index in [0.29, 0.717) is 5.56 Å². The van der Waals surface area contributed by atoms with E-state index >= 15 is 0 Å². The van der Waals surface area contributed by atoms with Gasteiger partial charge in [0.05, 0.1) is 14.2 Å². The third kappa shape index (κ3) is 6.62. The van der Waals surface area contributed by atoms with Gasteiger partial charge in [-0.15, -0.1) is 0 Å². The first-order valence-electron chi connectivity index (χ1n) is 11.1. The monoisotopic (exact) mass is 447 g/mol. The summed E-state index contributed by atoms with van der Waals surface area (Å²) in [6.45, 7) is 2.73. The minimum Gasteiger partial charge on any atom is -0.444 e. The fourth-order valence-electron chi connectivity index (χ4n) is 2.71. The average molecular weight is 447 g/mol. The Morgan fingerprint density at radius 1 is 1.25 bits per heavy atom. The molecule has 0 radical (unpaired) electrons. The maximum Gasteiger partial charge on any atom is 0.513 e. The third-order valence-corrected chi connectivity index (χ3v) is 4.22. The lowest BCUT2D eigenvalue weighted by atomic mass is 9.72. The lowest BCUT2D eigenvalue weighted by Crippen LogP contribution is -2.29. The first kappa shape index (κ1) is 19.0. The van der Waals surface area contributed by atoms with Crippen molar-refractivity contribution in [1.82, 2.24) is 9.97 Å². The fraction of sp³-hybridized carbons (Fsp3) is 0.429. The largest absolute Gasteiger partial charge is 0.513 e. The molecule has 1 aromatic carbocycles. The smallest absolute Gasteiger partial charge is 0.444 e. The van der Waals surface area contributed by atoms with E-state index in [4.69, 9.17) is 18.3 Å². The van der Waals surface area contributed by atoms with Gasteiger partial charge in [-0.25, -0.2) is 19.6 Å². The van der Waals surface area contributed by atoms with Crippen LogP contribution >= 0.6 is 0 Å². The van der Waals surface area contributed by atoms with Gasteiger partial charge in [-0.05, 0) is 63.1 Å². The van der Waals surface area contributed by atoms with Crippen LogP contribution in [0.2, 0.25) is 0 Å². The number of rotatable bonds is 6. The molecule has 1 aromatic heterocycles. The van der Waals surface area contributed by atoms with Crippen LogP contribution in [0.25, 0.3) is 0 Å². The number of amides is 1. The molecule has 1 N–H and O–H groups in total. The maximum absolute atomic E-state index is 12.0. The van der Waals surface area contributed by atoms with Gasteiger partial charge in [0.15, 0.2) is 0 Å². The highest BCUT2D eigenvalue weighted by Crippen LogP contribution is 2.41. The second-order valence-corrected chi connectivity index (χ2v) is 7.95. The lowest BCUT2D eigenvalue weighted by molar-refractivity contribution is -0.384. The van der Waals surface area contributed by atoms with Crippen molar-refractivity contribution >= 4 is 23.9 Å². The number of carbonyl (C=O) groups is 2. The van der Waals surface area contributed by atoms with Crippen LogP contribution < -0.4 is 10.1 Å². The summed E-state index contributed by atoms with van der Waals surface area (Å²) in [6, 6.07) is 4.64. The van der Waals surface area contributed by atoms with Gasteiger partial charge in [0.25, 0.3) is 5.69 Å². The molecule has 0 unspecified atom stereocenters. The van der Waals surface area contributed by atoms with E-state index in [-0.39, 0.29) is 30.2 Å². The molecule has 1 heterocycles. The Bertz CT molecular complexity index is 1100. The van der Waals surface area contributed by atoms with Crippen LogP contribution in [-0.2, 0) is 9.47 Å². The van der Waals surface area contributed by atoms with Gasteiger partial charge in [0, 0.05) is 25.9 Å². The predicted octanol–water partition coefficient (Wildman–Crippen LogP) is 4.44. The Balaban J connectivity index is 1.53. The van der Waals surface area contributed by atoms with Crippen LogP contribution in [0.3, 0.4) is 0 Å². The molecule has 0 saturated heterocycles. The standard InChI is InChI=1S/C21H24N4O7/c1-21(2,3)32-19(26)24-18-22-10-15(11-23-18)14-8-13(9-14)12-30-20(27)31-17-6-4-16(5-7-17)25(28)29/h4-7,10-11,13-14H,8-9,12H2,1-3H3,(H,22,23,24,26)/i12D2,14D. The van der Waals surface area contributed by atoms with Gasteiger partial charge in [-0.2, -0.15) is 0 Å². The zero-order chi connectivity index (χ0) is 26.0. The first-order chi connectivity index (χ1) is 16.2. The van der Waals surface area contributed by atoms with Crippen LogP contribution in [0, 0.1) is 16.0 Å². The summed E-state index contributed by atoms with van der Waals surface area (Å²) in [4.78, 5) is 41.9. The Kier molecular flexibility index (Phi) is 5.68. The number of nitrogens with one attached hydrogen (secondary N) is 1. The molecule has 1 fully saturated rings. The highest BCUT2D eigenvalue weighted by atomic mass is 16.7. The van der Waals surface area contributed by atoms with E-state index in [1.165, 1.54) is 24.5 Å². The molecule has 0 bridgehead atoms. The molecule has 0 atom stereocenters. The third-order valence-electron chi connectivity index (χ3n) is 4.22. The number of hydrogen-bond donors (Lipinski definition) is 1. The minimum absolute atomic E-state index is 0.00451. The normalized spacial score (nSPS) is 21.7. The van der Waals surface area contributed by atoms with E-state index in [1.54, 1.807) is 20.8 Å². The summed E-state index contributed by atoms with van der Waals surface area (Å²) < 4.78 is 39.5. The van der Waals surface area contributed by atoms with Gasteiger partial charge < -0.3 is 14.2 Å². The average Bonchev–Trinajstić information content (AvgIpc) is 2.70. The maximum atomic E-state index is 12.0. The van der Waals surface area contributed by atoms with Crippen molar-refractivity contribution < 1.29 is 32.8 Å². The first-order valence-corrected chi connectivity index (χ1v) is 9.65. The Morgan fingerprint density at radius 2 is 1.88 bits per heavy atom. The summed E-state index contributed by atoms with van der Waals surface area (Å²) >= 11 is 0. The van der Waals surface area contributed by atoms with Gasteiger partial charge in [-0.3, -0.25) is 15.4 Å². The van der Waals surface area contributed by atoms with Crippen LogP contribution in [0.15, 0.2) is 36.7 Å². The summed E-state index contributed by atoms with van der Waals surface area (Å²) in [6.07, 6.45) is 0.734. The molecule has 1 saturated carbocycles. The van der Waals surface area contributed by atoms with Crippen LogP contribution in [-0.4, -0.2) is 39.3 Å². The summed E-state index contributed by atoms with van der Waals surface area (Å²) in [5.74, 6) is -2.04. The zero-order valence-electron chi connectivity index (χ0n) is 20.7. The molecular formula is C21H24N4O7. The van der Waals surface area contributed by atoms with Crippen molar-refractivity contribution in [2.45, 2.75) is 45.1 Å². The number of nitro groups is 1. The Morgan fingerprint density at radius 3 is 2.44 bits per heavy atom. The number of nitro benzene ring substituents is 1. The van der Waals surface area contributed by atoms with Gasteiger partial charge >= 0.3 is 12.2 Å². The highest BCUT2D eigenvalue weighted by molar-refractivity contribution is 5.82. The molecule has 32 heavy (non-hydrogen) atoms. The molecule has 1 amide bonds. The van der Waals surface area contributed by atoms with Crippen molar-refractivity contribution in [3.05, 3.63) is 52.3 Å². The zero-order valence-corrected chi connectivity index (χ0v) is 17.7. The Labute approximate surface area is 188 Å². The molecule has 1 aliphatic carbocycles. The van der Waals surface area contributed by atoms with E-state index < -0.39 is 41.1 Å². The van der Waals surface area contributed by atoms with Crippen molar-refractivity contribution in [3.63, 3.8) is 0 Å². The van der Waals surface area contributed by atoms with Gasteiger partial charge in [0.1, 0.15) is 11.4 Å². The molecule has 1 aliphatic rings.